The molecule has 0 amide bonds. The van der Waals surface area contributed by atoms with E-state index in [1.54, 1.807) is 11.6 Å². The zero-order valence-corrected chi connectivity index (χ0v) is 8.85. The Morgan fingerprint density at radius 2 is 2.00 bits per heavy atom. The summed E-state index contributed by atoms with van der Waals surface area (Å²) >= 11 is 0. The van der Waals surface area contributed by atoms with E-state index in [1.165, 1.54) is 0 Å². The zero-order chi connectivity index (χ0) is 10.6. The van der Waals surface area contributed by atoms with Crippen LogP contribution in [0.1, 0.15) is 19.7 Å². The van der Waals surface area contributed by atoms with Gasteiger partial charge in [0.1, 0.15) is 5.69 Å². The lowest BCUT2D eigenvalue weighted by atomic mass is 10.4. The molecule has 0 aliphatic rings. The van der Waals surface area contributed by atoms with Gasteiger partial charge in [0.25, 0.3) is 5.89 Å². The first kappa shape index (κ1) is 10.4. The summed E-state index contributed by atoms with van der Waals surface area (Å²) in [5.74, 6) is 1.02. The number of rotatable bonds is 1. The minimum absolute atomic E-state index is 0.466. The Labute approximate surface area is 82.8 Å². The zero-order valence-electron chi connectivity index (χ0n) is 8.85. The summed E-state index contributed by atoms with van der Waals surface area (Å²) in [6.07, 6.45) is 1.83. The summed E-state index contributed by atoms with van der Waals surface area (Å²) in [4.78, 5) is 0. The topological polar surface area (TPSA) is 56.7 Å². The van der Waals surface area contributed by atoms with Gasteiger partial charge < -0.3 is 4.42 Å². The summed E-state index contributed by atoms with van der Waals surface area (Å²) in [6, 6.07) is 1.83. The van der Waals surface area contributed by atoms with Crippen LogP contribution >= 0.6 is 0 Å². The number of hydrogen-bond acceptors (Lipinski definition) is 4. The second kappa shape index (κ2) is 4.55. The maximum atomic E-state index is 5.18. The number of nitrogens with zero attached hydrogens (tertiary/aromatic N) is 4. The van der Waals surface area contributed by atoms with E-state index in [-0.39, 0.29) is 0 Å². The molecule has 0 aliphatic heterocycles. The van der Waals surface area contributed by atoms with E-state index in [1.807, 2.05) is 33.2 Å². The van der Waals surface area contributed by atoms with E-state index in [0.717, 1.165) is 0 Å². The highest BCUT2D eigenvalue weighted by Crippen LogP contribution is 2.13. The van der Waals surface area contributed by atoms with Crippen molar-refractivity contribution in [2.24, 2.45) is 7.05 Å². The van der Waals surface area contributed by atoms with Crippen molar-refractivity contribution in [2.45, 2.75) is 20.8 Å². The highest BCUT2D eigenvalue weighted by Gasteiger charge is 2.07. The van der Waals surface area contributed by atoms with Gasteiger partial charge in [-0.05, 0) is 6.07 Å². The van der Waals surface area contributed by atoms with Crippen molar-refractivity contribution in [1.82, 2.24) is 20.0 Å². The minimum Gasteiger partial charge on any atom is -0.420 e. The minimum atomic E-state index is 0.466. The predicted molar refractivity (Wildman–Crippen MR) is 52.6 cm³/mol. The predicted octanol–water partition coefficient (Wildman–Crippen LogP) is 1.80. The van der Waals surface area contributed by atoms with Gasteiger partial charge in [0.05, 0.1) is 0 Å². The summed E-state index contributed by atoms with van der Waals surface area (Å²) in [5, 5.41) is 11.7. The molecule has 2 aromatic rings. The molecule has 0 radical (unpaired) electrons. The van der Waals surface area contributed by atoms with Gasteiger partial charge in [0.2, 0.25) is 5.89 Å². The quantitative estimate of drug-likeness (QED) is 0.694. The molecule has 0 bridgehead atoms. The van der Waals surface area contributed by atoms with Gasteiger partial charge in [0.15, 0.2) is 0 Å². The lowest BCUT2D eigenvalue weighted by Crippen LogP contribution is -1.87. The highest BCUT2D eigenvalue weighted by molar-refractivity contribution is 5.44. The summed E-state index contributed by atoms with van der Waals surface area (Å²) in [5.41, 5.74) is 0.707. The van der Waals surface area contributed by atoms with E-state index in [2.05, 4.69) is 15.3 Å². The van der Waals surface area contributed by atoms with Crippen molar-refractivity contribution in [1.29, 1.82) is 0 Å². The van der Waals surface area contributed by atoms with E-state index in [4.69, 9.17) is 4.42 Å². The Bertz CT molecular complexity index is 353. The molecule has 2 heterocycles. The molecule has 14 heavy (non-hydrogen) atoms. The van der Waals surface area contributed by atoms with Crippen molar-refractivity contribution >= 4 is 0 Å². The van der Waals surface area contributed by atoms with Crippen LogP contribution in [0.5, 0.6) is 0 Å². The van der Waals surface area contributed by atoms with E-state index >= 15 is 0 Å². The molecule has 2 aromatic heterocycles. The highest BCUT2D eigenvalue weighted by atomic mass is 16.4. The Hall–Kier alpha value is -1.65. The molecule has 0 spiro atoms. The van der Waals surface area contributed by atoms with E-state index < -0.39 is 0 Å². The van der Waals surface area contributed by atoms with Gasteiger partial charge in [-0.3, -0.25) is 4.68 Å². The fourth-order valence-corrected chi connectivity index (χ4v) is 0.929. The van der Waals surface area contributed by atoms with Gasteiger partial charge in [-0.2, -0.15) is 5.10 Å². The molecule has 76 valence electrons. The monoisotopic (exact) mass is 194 g/mol. The third-order valence-electron chi connectivity index (χ3n) is 1.46. The number of aryl methyl sites for hydroxylation is 2. The molecular formula is C9H14N4O. The van der Waals surface area contributed by atoms with Crippen LogP contribution in [-0.4, -0.2) is 20.0 Å². The summed E-state index contributed by atoms with van der Waals surface area (Å²) in [7, 11) is 1.84. The third-order valence-corrected chi connectivity index (χ3v) is 1.46. The van der Waals surface area contributed by atoms with E-state index in [9.17, 15) is 0 Å². The summed E-state index contributed by atoms with van der Waals surface area (Å²) < 4.78 is 6.87. The molecule has 0 atom stereocenters. The molecule has 5 heteroatoms. The maximum Gasteiger partial charge on any atom is 0.268 e. The molecule has 0 unspecified atom stereocenters. The van der Waals surface area contributed by atoms with Crippen molar-refractivity contribution < 1.29 is 4.42 Å². The normalized spacial score (nSPS) is 9.43. The van der Waals surface area contributed by atoms with Gasteiger partial charge in [-0.1, -0.05) is 13.8 Å². The van der Waals surface area contributed by atoms with Crippen LogP contribution in [0.25, 0.3) is 11.6 Å². The van der Waals surface area contributed by atoms with Crippen LogP contribution in [0.15, 0.2) is 16.7 Å². The first-order chi connectivity index (χ1) is 6.75. The Balaban J connectivity index is 0.000000461. The second-order valence-corrected chi connectivity index (χ2v) is 2.50. The Morgan fingerprint density at radius 1 is 1.29 bits per heavy atom. The average Bonchev–Trinajstić information content (AvgIpc) is 2.78. The molecule has 0 fully saturated rings. The van der Waals surface area contributed by atoms with Crippen LogP contribution in [-0.2, 0) is 7.05 Å². The van der Waals surface area contributed by atoms with Crippen LogP contribution in [0.4, 0.5) is 0 Å². The number of hydrogen-bond donors (Lipinski definition) is 0. The third kappa shape index (κ3) is 2.18. The van der Waals surface area contributed by atoms with Gasteiger partial charge in [0, 0.05) is 20.2 Å². The SMILES string of the molecule is CC.Cc1nnc(-c2ccn(C)n2)o1. The smallest absolute Gasteiger partial charge is 0.268 e. The second-order valence-electron chi connectivity index (χ2n) is 2.50. The van der Waals surface area contributed by atoms with Gasteiger partial charge in [-0.25, -0.2) is 0 Å². The fourth-order valence-electron chi connectivity index (χ4n) is 0.929. The molecule has 2 rings (SSSR count). The van der Waals surface area contributed by atoms with Gasteiger partial charge >= 0.3 is 0 Å². The Morgan fingerprint density at radius 3 is 2.43 bits per heavy atom. The lowest BCUT2D eigenvalue weighted by molar-refractivity contribution is 0.529. The molecule has 0 saturated carbocycles. The Kier molecular flexibility index (Phi) is 3.39. The van der Waals surface area contributed by atoms with Gasteiger partial charge in [-0.15, -0.1) is 10.2 Å². The molecule has 0 aliphatic carbocycles. The van der Waals surface area contributed by atoms with Crippen LogP contribution < -0.4 is 0 Å². The van der Waals surface area contributed by atoms with Crippen molar-refractivity contribution in [2.75, 3.05) is 0 Å². The van der Waals surface area contributed by atoms with E-state index in [0.29, 0.717) is 17.5 Å². The molecule has 5 nitrogen and oxygen atoms in total. The van der Waals surface area contributed by atoms with Crippen molar-refractivity contribution in [3.05, 3.63) is 18.2 Å². The molecule has 0 aromatic carbocycles. The maximum absolute atomic E-state index is 5.18. The van der Waals surface area contributed by atoms with Crippen molar-refractivity contribution in [3.63, 3.8) is 0 Å². The first-order valence-corrected chi connectivity index (χ1v) is 4.56. The fraction of sp³-hybridized carbons (Fsp3) is 0.444. The molecular weight excluding hydrogens is 180 g/mol. The first-order valence-electron chi connectivity index (χ1n) is 4.56. The molecule has 0 N–H and O–H groups in total. The lowest BCUT2D eigenvalue weighted by Gasteiger charge is -1.85. The van der Waals surface area contributed by atoms with Crippen LogP contribution in [0.3, 0.4) is 0 Å². The number of aromatic nitrogens is 4. The molecule has 0 saturated heterocycles. The summed E-state index contributed by atoms with van der Waals surface area (Å²) in [6.45, 7) is 5.75. The average molecular weight is 194 g/mol. The van der Waals surface area contributed by atoms with Crippen LogP contribution in [0.2, 0.25) is 0 Å². The largest absolute Gasteiger partial charge is 0.420 e. The standard InChI is InChI=1S/C7H8N4O.C2H6/c1-5-8-9-7(12-5)6-3-4-11(2)10-6;1-2/h3-4H,1-2H3;1-2H3. The van der Waals surface area contributed by atoms with Crippen LogP contribution in [0, 0.1) is 6.92 Å². The van der Waals surface area contributed by atoms with Crippen molar-refractivity contribution in [3.8, 4) is 11.6 Å².